The van der Waals surface area contributed by atoms with Crippen LogP contribution in [0.15, 0.2) is 66.9 Å². The van der Waals surface area contributed by atoms with Gasteiger partial charge in [-0.1, -0.05) is 36.4 Å². The van der Waals surface area contributed by atoms with E-state index in [2.05, 4.69) is 17.1 Å². The molecule has 3 heterocycles. The summed E-state index contributed by atoms with van der Waals surface area (Å²) in [6.45, 7) is 4.09. The van der Waals surface area contributed by atoms with Crippen molar-refractivity contribution in [2.75, 3.05) is 9.80 Å². The molecule has 5 nitrogen and oxygen atoms in total. The van der Waals surface area contributed by atoms with Gasteiger partial charge in [-0.3, -0.25) is 14.6 Å². The molecule has 0 N–H and O–H groups in total. The Morgan fingerprint density at radius 1 is 0.800 bits per heavy atom. The molecule has 2 aromatic carbocycles. The molecule has 0 spiro atoms. The molecule has 2 atom stereocenters. The van der Waals surface area contributed by atoms with E-state index in [0.29, 0.717) is 11.3 Å². The molecule has 5 rings (SSSR count). The van der Waals surface area contributed by atoms with E-state index in [9.17, 15) is 9.59 Å². The van der Waals surface area contributed by atoms with E-state index in [0.717, 1.165) is 29.8 Å². The van der Waals surface area contributed by atoms with Crippen LogP contribution in [0.1, 0.15) is 45.8 Å². The number of carbonyl (C=O) groups excluding carboxylic acids is 2. The largest absolute Gasteiger partial charge is 0.305 e. The average Bonchev–Trinajstić information content (AvgIpc) is 3.28. The van der Waals surface area contributed by atoms with Crippen LogP contribution in [0.4, 0.5) is 11.4 Å². The average molecular weight is 397 g/mol. The van der Waals surface area contributed by atoms with Crippen LogP contribution in [0.3, 0.4) is 0 Å². The first kappa shape index (κ1) is 18.6. The van der Waals surface area contributed by atoms with Crippen molar-refractivity contribution in [3.8, 4) is 0 Å². The van der Waals surface area contributed by atoms with Gasteiger partial charge in [0.15, 0.2) is 0 Å². The van der Waals surface area contributed by atoms with Crippen molar-refractivity contribution in [3.05, 3.63) is 89.2 Å². The first-order chi connectivity index (χ1) is 14.5. The Morgan fingerprint density at radius 2 is 1.33 bits per heavy atom. The molecule has 0 bridgehead atoms. The maximum absolute atomic E-state index is 13.4. The third-order valence-corrected chi connectivity index (χ3v) is 6.08. The highest BCUT2D eigenvalue weighted by molar-refractivity contribution is 6.11. The van der Waals surface area contributed by atoms with Crippen LogP contribution in [0.2, 0.25) is 0 Å². The van der Waals surface area contributed by atoms with E-state index in [1.165, 1.54) is 5.56 Å². The van der Waals surface area contributed by atoms with Crippen molar-refractivity contribution in [2.45, 2.75) is 38.8 Å². The van der Waals surface area contributed by atoms with E-state index in [-0.39, 0.29) is 23.9 Å². The molecule has 2 aliphatic rings. The Kier molecular flexibility index (Phi) is 4.39. The summed E-state index contributed by atoms with van der Waals surface area (Å²) in [7, 11) is 0. The first-order valence-corrected chi connectivity index (χ1v) is 10.3. The molecule has 2 unspecified atom stereocenters. The summed E-state index contributed by atoms with van der Waals surface area (Å²) < 4.78 is 0. The van der Waals surface area contributed by atoms with Gasteiger partial charge >= 0.3 is 0 Å². The quantitative estimate of drug-likeness (QED) is 0.649. The summed E-state index contributed by atoms with van der Waals surface area (Å²) in [5.74, 6) is -0.268. The normalized spacial score (nSPS) is 19.5. The van der Waals surface area contributed by atoms with Gasteiger partial charge in [-0.25, -0.2) is 0 Å². The van der Waals surface area contributed by atoms with Crippen LogP contribution < -0.4 is 9.80 Å². The van der Waals surface area contributed by atoms with E-state index in [1.807, 2.05) is 55.1 Å². The van der Waals surface area contributed by atoms with Crippen molar-refractivity contribution in [2.24, 2.45) is 0 Å². The highest BCUT2D eigenvalue weighted by Crippen LogP contribution is 2.34. The zero-order chi connectivity index (χ0) is 20.8. The molecule has 0 fully saturated rings. The number of amides is 2. The molecule has 3 aromatic rings. The number of hydrogen-bond acceptors (Lipinski definition) is 3. The van der Waals surface area contributed by atoms with Gasteiger partial charge in [0.1, 0.15) is 5.69 Å². The van der Waals surface area contributed by atoms with Gasteiger partial charge in [0.2, 0.25) is 0 Å². The Bertz CT molecular complexity index is 1070. The zero-order valence-corrected chi connectivity index (χ0v) is 17.1. The van der Waals surface area contributed by atoms with Crippen LogP contribution in [0, 0.1) is 0 Å². The number of pyridine rings is 1. The highest BCUT2D eigenvalue weighted by Gasteiger charge is 2.34. The lowest BCUT2D eigenvalue weighted by molar-refractivity contribution is 0.0976. The predicted octanol–water partition coefficient (Wildman–Crippen LogP) is 4.26. The number of aromatic nitrogens is 1. The number of anilines is 2. The Morgan fingerprint density at radius 3 is 1.93 bits per heavy atom. The van der Waals surface area contributed by atoms with Crippen molar-refractivity contribution in [1.82, 2.24) is 4.98 Å². The minimum absolute atomic E-state index is 0.0570. The molecule has 0 saturated heterocycles. The van der Waals surface area contributed by atoms with Crippen molar-refractivity contribution < 1.29 is 9.59 Å². The van der Waals surface area contributed by atoms with Crippen LogP contribution in [-0.4, -0.2) is 28.9 Å². The fourth-order valence-electron chi connectivity index (χ4n) is 4.69. The van der Waals surface area contributed by atoms with Crippen molar-refractivity contribution in [3.63, 3.8) is 0 Å². The maximum Gasteiger partial charge on any atom is 0.277 e. The maximum atomic E-state index is 13.4. The molecular weight excluding hydrogens is 374 g/mol. The summed E-state index contributed by atoms with van der Waals surface area (Å²) in [6.07, 6.45) is 3.21. The number of nitrogens with zero attached hydrogens (tertiary/aromatic N) is 3. The number of benzene rings is 2. The minimum atomic E-state index is -0.169. The lowest BCUT2D eigenvalue weighted by Crippen LogP contribution is -2.37. The van der Waals surface area contributed by atoms with Crippen LogP contribution >= 0.6 is 0 Å². The lowest BCUT2D eigenvalue weighted by Gasteiger charge is -2.24. The molecule has 150 valence electrons. The summed E-state index contributed by atoms with van der Waals surface area (Å²) >= 11 is 0. The van der Waals surface area contributed by atoms with Crippen molar-refractivity contribution >= 4 is 23.2 Å². The number of hydrogen-bond donors (Lipinski definition) is 0. The van der Waals surface area contributed by atoms with E-state index in [4.69, 9.17) is 0 Å². The van der Waals surface area contributed by atoms with Gasteiger partial charge in [-0.15, -0.1) is 0 Å². The van der Waals surface area contributed by atoms with Crippen LogP contribution in [-0.2, 0) is 12.8 Å². The molecule has 0 radical (unpaired) electrons. The highest BCUT2D eigenvalue weighted by atomic mass is 16.2. The number of rotatable bonds is 2. The van der Waals surface area contributed by atoms with Crippen LogP contribution in [0.5, 0.6) is 0 Å². The minimum Gasteiger partial charge on any atom is -0.305 e. The van der Waals surface area contributed by atoms with Crippen molar-refractivity contribution in [1.29, 1.82) is 0 Å². The van der Waals surface area contributed by atoms with E-state index in [1.54, 1.807) is 23.2 Å². The SMILES string of the molecule is CC1Cc2ccccc2N1C(=O)c1ccnc(C(=O)N2c3ccccc3CC2C)c1. The van der Waals surface area contributed by atoms with E-state index < -0.39 is 0 Å². The second-order valence-electron chi connectivity index (χ2n) is 8.14. The van der Waals surface area contributed by atoms with Crippen LogP contribution in [0.25, 0.3) is 0 Å². The predicted molar refractivity (Wildman–Crippen MR) is 117 cm³/mol. The van der Waals surface area contributed by atoms with Gasteiger partial charge in [0, 0.05) is 35.2 Å². The number of carbonyl (C=O) groups is 2. The zero-order valence-electron chi connectivity index (χ0n) is 17.1. The van der Waals surface area contributed by atoms with Gasteiger partial charge < -0.3 is 9.80 Å². The van der Waals surface area contributed by atoms with E-state index >= 15 is 0 Å². The van der Waals surface area contributed by atoms with Gasteiger partial charge in [-0.05, 0) is 62.1 Å². The molecule has 0 saturated carbocycles. The first-order valence-electron chi connectivity index (χ1n) is 10.3. The Balaban J connectivity index is 1.47. The fourth-order valence-corrected chi connectivity index (χ4v) is 4.69. The lowest BCUT2D eigenvalue weighted by atomic mass is 10.1. The molecular formula is C25H23N3O2. The summed E-state index contributed by atoms with van der Waals surface area (Å²) in [5.41, 5.74) is 4.98. The molecule has 1 aromatic heterocycles. The van der Waals surface area contributed by atoms with Gasteiger partial charge in [0.25, 0.3) is 11.8 Å². The fraction of sp³-hybridized carbons (Fsp3) is 0.240. The third-order valence-electron chi connectivity index (χ3n) is 6.08. The second-order valence-corrected chi connectivity index (χ2v) is 8.14. The topological polar surface area (TPSA) is 53.5 Å². The summed E-state index contributed by atoms with van der Waals surface area (Å²) in [5, 5.41) is 0. The Hall–Kier alpha value is -3.47. The standard InChI is InChI=1S/C25H23N3O2/c1-16-13-18-7-3-5-9-22(18)27(16)24(29)20-11-12-26-21(15-20)25(30)28-17(2)14-19-8-4-6-10-23(19)28/h3-12,15-17H,13-14H2,1-2H3. The number of para-hydroxylation sites is 2. The monoisotopic (exact) mass is 397 g/mol. The number of fused-ring (bicyclic) bond motifs is 2. The Labute approximate surface area is 176 Å². The second kappa shape index (κ2) is 7.10. The van der Waals surface area contributed by atoms with Gasteiger partial charge in [0.05, 0.1) is 0 Å². The molecule has 2 aliphatic heterocycles. The summed E-state index contributed by atoms with van der Waals surface area (Å²) in [6, 6.07) is 19.4. The molecule has 2 amide bonds. The third kappa shape index (κ3) is 2.89. The molecule has 5 heteroatoms. The molecule has 0 aliphatic carbocycles. The van der Waals surface area contributed by atoms with Gasteiger partial charge in [-0.2, -0.15) is 0 Å². The summed E-state index contributed by atoms with van der Waals surface area (Å²) in [4.78, 5) is 34.6. The molecule has 30 heavy (non-hydrogen) atoms. The smallest absolute Gasteiger partial charge is 0.277 e.